The Morgan fingerprint density at radius 2 is 1.76 bits per heavy atom. The molecule has 0 aliphatic heterocycles. The largest absolute Gasteiger partial charge is 0.409 e. The summed E-state index contributed by atoms with van der Waals surface area (Å²) in [7, 11) is 0. The van der Waals surface area contributed by atoms with Gasteiger partial charge in [0.05, 0.1) is 0 Å². The van der Waals surface area contributed by atoms with Crippen LogP contribution in [0, 0.1) is 11.8 Å². The van der Waals surface area contributed by atoms with Crippen molar-refractivity contribution in [3.63, 3.8) is 0 Å². The summed E-state index contributed by atoms with van der Waals surface area (Å²) in [4.78, 5) is 23.0. The minimum absolute atomic E-state index is 0.172. The number of nitrogens with one attached hydrogen (secondary N) is 1. The average molecular weight is 244 g/mol. The summed E-state index contributed by atoms with van der Waals surface area (Å²) < 4.78 is 0. The SMILES string of the molecule is CC(C)C(C(=O)NC(C)(C)C(N)=O)C(N)=NO. The lowest BCUT2D eigenvalue weighted by molar-refractivity contribution is -0.132. The number of nitrogens with two attached hydrogens (primary N) is 2. The first-order valence-electron chi connectivity index (χ1n) is 5.22. The van der Waals surface area contributed by atoms with Gasteiger partial charge in [0.25, 0.3) is 0 Å². The van der Waals surface area contributed by atoms with Crippen LogP contribution in [0.1, 0.15) is 27.7 Å². The fourth-order valence-corrected chi connectivity index (χ4v) is 1.29. The maximum atomic E-state index is 11.9. The second kappa shape index (κ2) is 5.51. The number of amidine groups is 1. The Morgan fingerprint density at radius 3 is 2.06 bits per heavy atom. The maximum absolute atomic E-state index is 11.9. The lowest BCUT2D eigenvalue weighted by Crippen LogP contribution is -2.56. The van der Waals surface area contributed by atoms with E-state index in [0.29, 0.717) is 0 Å². The molecule has 0 aliphatic carbocycles. The fraction of sp³-hybridized carbons (Fsp3) is 0.700. The third kappa shape index (κ3) is 3.93. The Labute approximate surface area is 100 Å². The number of primary amides is 1. The zero-order valence-electron chi connectivity index (χ0n) is 10.5. The highest BCUT2D eigenvalue weighted by molar-refractivity contribution is 6.04. The van der Waals surface area contributed by atoms with Crippen LogP contribution in [0.4, 0.5) is 0 Å². The van der Waals surface area contributed by atoms with Crippen LogP contribution in [-0.2, 0) is 9.59 Å². The van der Waals surface area contributed by atoms with Gasteiger partial charge in [0.1, 0.15) is 11.5 Å². The normalized spacial score (nSPS) is 14.5. The standard InChI is InChI=1S/C10H20N4O3/c1-5(2)6(7(11)14-17)8(15)13-10(3,4)9(12)16/h5-6,17H,1-4H3,(H2,11,14)(H2,12,16)(H,13,15). The molecule has 1 unspecified atom stereocenters. The lowest BCUT2D eigenvalue weighted by atomic mass is 9.92. The van der Waals surface area contributed by atoms with E-state index >= 15 is 0 Å². The highest BCUT2D eigenvalue weighted by atomic mass is 16.4. The number of rotatable bonds is 5. The summed E-state index contributed by atoms with van der Waals surface area (Å²) >= 11 is 0. The van der Waals surface area contributed by atoms with E-state index in [4.69, 9.17) is 16.7 Å². The number of carbonyl (C=O) groups is 2. The molecule has 0 saturated carbocycles. The van der Waals surface area contributed by atoms with E-state index in [9.17, 15) is 9.59 Å². The average Bonchev–Trinajstić information content (AvgIpc) is 2.15. The molecule has 0 spiro atoms. The van der Waals surface area contributed by atoms with Crippen molar-refractivity contribution in [2.24, 2.45) is 28.5 Å². The van der Waals surface area contributed by atoms with E-state index in [1.54, 1.807) is 13.8 Å². The van der Waals surface area contributed by atoms with Gasteiger partial charge in [-0.15, -0.1) is 0 Å². The molecule has 6 N–H and O–H groups in total. The quantitative estimate of drug-likeness (QED) is 0.222. The van der Waals surface area contributed by atoms with Crippen molar-refractivity contribution in [2.75, 3.05) is 0 Å². The predicted octanol–water partition coefficient (Wildman–Crippen LogP) is -0.615. The number of carbonyl (C=O) groups excluding carboxylic acids is 2. The Hall–Kier alpha value is -1.79. The molecule has 0 saturated heterocycles. The van der Waals surface area contributed by atoms with Crippen molar-refractivity contribution in [2.45, 2.75) is 33.2 Å². The molecule has 17 heavy (non-hydrogen) atoms. The molecule has 0 radical (unpaired) electrons. The van der Waals surface area contributed by atoms with E-state index in [1.165, 1.54) is 13.8 Å². The zero-order valence-corrected chi connectivity index (χ0v) is 10.5. The Kier molecular flexibility index (Phi) is 4.93. The van der Waals surface area contributed by atoms with Gasteiger partial charge in [-0.1, -0.05) is 19.0 Å². The fourth-order valence-electron chi connectivity index (χ4n) is 1.29. The molecule has 0 aliphatic rings. The maximum Gasteiger partial charge on any atom is 0.242 e. The number of hydrogen-bond acceptors (Lipinski definition) is 4. The summed E-state index contributed by atoms with van der Waals surface area (Å²) in [5.74, 6) is -2.34. The van der Waals surface area contributed by atoms with Gasteiger partial charge in [-0.05, 0) is 19.8 Å². The molecule has 1 atom stereocenters. The van der Waals surface area contributed by atoms with Gasteiger partial charge >= 0.3 is 0 Å². The van der Waals surface area contributed by atoms with E-state index in [2.05, 4.69) is 10.5 Å². The minimum atomic E-state index is -1.18. The van der Waals surface area contributed by atoms with Crippen molar-refractivity contribution in [1.29, 1.82) is 0 Å². The van der Waals surface area contributed by atoms with Gasteiger partial charge in [-0.25, -0.2) is 0 Å². The summed E-state index contributed by atoms with van der Waals surface area (Å²) in [5.41, 5.74) is 9.40. The van der Waals surface area contributed by atoms with E-state index in [1.807, 2.05) is 0 Å². The molecule has 0 aromatic rings. The molecule has 0 aromatic carbocycles. The van der Waals surface area contributed by atoms with Gasteiger partial charge in [0, 0.05) is 0 Å². The van der Waals surface area contributed by atoms with Crippen LogP contribution in [0.2, 0.25) is 0 Å². The molecule has 7 nitrogen and oxygen atoms in total. The van der Waals surface area contributed by atoms with E-state index in [0.717, 1.165) is 0 Å². The molecule has 7 heteroatoms. The molecule has 0 fully saturated rings. The zero-order chi connectivity index (χ0) is 13.8. The van der Waals surface area contributed by atoms with Crippen LogP contribution in [0.15, 0.2) is 5.16 Å². The topological polar surface area (TPSA) is 131 Å². The Morgan fingerprint density at radius 1 is 1.29 bits per heavy atom. The molecule has 0 aromatic heterocycles. The van der Waals surface area contributed by atoms with Crippen LogP contribution in [0.5, 0.6) is 0 Å². The molecule has 98 valence electrons. The first-order chi connectivity index (χ1) is 7.63. The Bertz CT molecular complexity index is 336. The molecule has 2 amide bonds. The van der Waals surface area contributed by atoms with Gasteiger partial charge < -0.3 is 22.0 Å². The predicted molar refractivity (Wildman–Crippen MR) is 63.2 cm³/mol. The van der Waals surface area contributed by atoms with Gasteiger partial charge in [-0.2, -0.15) is 0 Å². The van der Waals surface area contributed by atoms with Crippen LogP contribution in [0.3, 0.4) is 0 Å². The minimum Gasteiger partial charge on any atom is -0.409 e. The summed E-state index contributed by atoms with van der Waals surface area (Å²) in [6.07, 6.45) is 0. The van der Waals surface area contributed by atoms with Crippen molar-refractivity contribution in [1.82, 2.24) is 5.32 Å². The van der Waals surface area contributed by atoms with E-state index in [-0.39, 0.29) is 11.8 Å². The number of amides is 2. The second-order valence-corrected chi connectivity index (χ2v) is 4.73. The van der Waals surface area contributed by atoms with Gasteiger partial charge in [0.15, 0.2) is 5.84 Å². The van der Waals surface area contributed by atoms with E-state index < -0.39 is 23.3 Å². The molecule has 0 heterocycles. The highest BCUT2D eigenvalue weighted by Gasteiger charge is 2.33. The summed E-state index contributed by atoms with van der Waals surface area (Å²) in [5, 5.41) is 13.9. The second-order valence-electron chi connectivity index (χ2n) is 4.73. The summed E-state index contributed by atoms with van der Waals surface area (Å²) in [6, 6.07) is 0. The third-order valence-corrected chi connectivity index (χ3v) is 2.43. The van der Waals surface area contributed by atoms with Gasteiger partial charge in [0.2, 0.25) is 11.8 Å². The molecular weight excluding hydrogens is 224 g/mol. The van der Waals surface area contributed by atoms with Crippen molar-refractivity contribution in [3.05, 3.63) is 0 Å². The lowest BCUT2D eigenvalue weighted by Gasteiger charge is -2.26. The van der Waals surface area contributed by atoms with Crippen LogP contribution in [-0.4, -0.2) is 28.4 Å². The van der Waals surface area contributed by atoms with Crippen LogP contribution >= 0.6 is 0 Å². The van der Waals surface area contributed by atoms with Crippen molar-refractivity contribution in [3.8, 4) is 0 Å². The smallest absolute Gasteiger partial charge is 0.242 e. The highest BCUT2D eigenvalue weighted by Crippen LogP contribution is 2.13. The molecular formula is C10H20N4O3. The first kappa shape index (κ1) is 15.2. The number of hydrogen-bond donors (Lipinski definition) is 4. The van der Waals surface area contributed by atoms with Crippen LogP contribution in [0.25, 0.3) is 0 Å². The van der Waals surface area contributed by atoms with Crippen molar-refractivity contribution >= 4 is 17.6 Å². The Balaban J connectivity index is 4.96. The summed E-state index contributed by atoms with van der Waals surface area (Å²) in [6.45, 7) is 6.47. The molecule has 0 rings (SSSR count). The number of oxime groups is 1. The first-order valence-corrected chi connectivity index (χ1v) is 5.22. The third-order valence-electron chi connectivity index (χ3n) is 2.43. The monoisotopic (exact) mass is 244 g/mol. The number of nitrogens with zero attached hydrogens (tertiary/aromatic N) is 1. The van der Waals surface area contributed by atoms with Gasteiger partial charge in [-0.3, -0.25) is 9.59 Å². The molecule has 0 bridgehead atoms. The van der Waals surface area contributed by atoms with Crippen LogP contribution < -0.4 is 16.8 Å². The van der Waals surface area contributed by atoms with Crippen molar-refractivity contribution < 1.29 is 14.8 Å².